The van der Waals surface area contributed by atoms with Crippen molar-refractivity contribution in [2.45, 2.75) is 116 Å². The maximum Gasteiger partial charge on any atom is 0.181 e. The largest absolute Gasteiger partial charge is 0.550 e. The van der Waals surface area contributed by atoms with Crippen LogP contribution < -0.4 is 9.67 Å². The number of hydrogen-bond donors (Lipinski definition) is 0. The van der Waals surface area contributed by atoms with Crippen molar-refractivity contribution < 1.29 is 14.5 Å². The van der Waals surface area contributed by atoms with E-state index in [0.29, 0.717) is 0 Å². The number of carbonyl (C=O) groups excluding carboxylic acids is 1. The van der Waals surface area contributed by atoms with Crippen molar-refractivity contribution in [1.29, 1.82) is 0 Å². The van der Waals surface area contributed by atoms with E-state index in [-0.39, 0.29) is 6.42 Å². The normalized spacial score (nSPS) is 11.1. The number of nitrogens with zero attached hydrogens (tertiary/aromatic N) is 1. The van der Waals surface area contributed by atoms with Crippen LogP contribution in [0.25, 0.3) is 0 Å². The van der Waals surface area contributed by atoms with Crippen molar-refractivity contribution in [1.82, 2.24) is 0 Å². The monoisotopic (exact) mass is 389 g/mol. The average molecular weight is 390 g/mol. The van der Waals surface area contributed by atoms with Crippen molar-refractivity contribution in [3.05, 3.63) is 29.6 Å². The number of unbranched alkanes of at least 4 members (excludes halogenated alkanes) is 14. The van der Waals surface area contributed by atoms with Gasteiger partial charge >= 0.3 is 0 Å². The quantitative estimate of drug-likeness (QED) is 0.251. The lowest BCUT2D eigenvalue weighted by molar-refractivity contribution is -0.678. The Balaban J connectivity index is 1.79. The predicted octanol–water partition coefficient (Wildman–Crippen LogP) is 5.35. The van der Waals surface area contributed by atoms with Gasteiger partial charge in [0.2, 0.25) is 0 Å². The lowest BCUT2D eigenvalue weighted by Gasteiger charge is -2.05. The number of carboxylic acid groups (broad SMARTS) is 1. The van der Waals surface area contributed by atoms with Gasteiger partial charge in [0.15, 0.2) is 11.9 Å². The highest BCUT2D eigenvalue weighted by Crippen LogP contribution is 2.14. The minimum Gasteiger partial charge on any atom is -0.550 e. The van der Waals surface area contributed by atoms with E-state index in [1.54, 1.807) is 0 Å². The summed E-state index contributed by atoms with van der Waals surface area (Å²) in [5, 5.41) is 10.3. The number of aromatic nitrogens is 1. The minimum absolute atomic E-state index is 0.228. The summed E-state index contributed by atoms with van der Waals surface area (Å²) < 4.78 is 2.22. The first kappa shape index (κ1) is 24.7. The molecule has 0 bridgehead atoms. The van der Waals surface area contributed by atoms with Crippen LogP contribution in [0.1, 0.15) is 114 Å². The van der Waals surface area contributed by atoms with Gasteiger partial charge in [-0.05, 0) is 31.7 Å². The predicted molar refractivity (Wildman–Crippen MR) is 115 cm³/mol. The van der Waals surface area contributed by atoms with Gasteiger partial charge in [0.25, 0.3) is 0 Å². The van der Waals surface area contributed by atoms with Gasteiger partial charge in [-0.3, -0.25) is 0 Å². The van der Waals surface area contributed by atoms with Crippen molar-refractivity contribution in [3.63, 3.8) is 0 Å². The van der Waals surface area contributed by atoms with E-state index in [2.05, 4.69) is 36.9 Å². The van der Waals surface area contributed by atoms with Gasteiger partial charge in [-0.25, -0.2) is 4.57 Å². The first-order valence-electron chi connectivity index (χ1n) is 11.7. The minimum atomic E-state index is -0.906. The second-order valence-corrected chi connectivity index (χ2v) is 8.41. The van der Waals surface area contributed by atoms with Gasteiger partial charge in [0.1, 0.15) is 7.05 Å². The van der Waals surface area contributed by atoms with E-state index >= 15 is 0 Å². The summed E-state index contributed by atoms with van der Waals surface area (Å²) in [7, 11) is 2.13. The SMILES string of the molecule is Cc1c(CCCCCCCCCCCCCCCCCC(=O)[O-])ccc[n+]1C. The summed E-state index contributed by atoms with van der Waals surface area (Å²) in [5.74, 6) is -0.906. The molecule has 0 aromatic carbocycles. The molecule has 3 heteroatoms. The molecule has 0 aliphatic carbocycles. The Hall–Kier alpha value is -1.38. The maximum atomic E-state index is 10.3. The molecule has 28 heavy (non-hydrogen) atoms. The summed E-state index contributed by atoms with van der Waals surface area (Å²) in [6, 6.07) is 4.43. The van der Waals surface area contributed by atoms with Gasteiger partial charge in [0, 0.05) is 24.5 Å². The fraction of sp³-hybridized carbons (Fsp3) is 0.760. The van der Waals surface area contributed by atoms with Crippen LogP contribution in [0.2, 0.25) is 0 Å². The summed E-state index contributed by atoms with van der Waals surface area (Å²) in [4.78, 5) is 10.3. The molecule has 0 saturated carbocycles. The molecule has 0 amide bonds. The molecular formula is C25H43NO2. The molecule has 0 saturated heterocycles. The second-order valence-electron chi connectivity index (χ2n) is 8.41. The number of carbonyl (C=O) groups is 1. The number of carboxylic acids is 1. The summed E-state index contributed by atoms with van der Waals surface area (Å²) in [6.45, 7) is 2.22. The van der Waals surface area contributed by atoms with E-state index in [0.717, 1.165) is 12.8 Å². The van der Waals surface area contributed by atoms with E-state index in [1.807, 2.05) is 0 Å². The third kappa shape index (κ3) is 12.9. The zero-order valence-electron chi connectivity index (χ0n) is 18.5. The Kier molecular flexibility index (Phi) is 14.6. The van der Waals surface area contributed by atoms with Crippen LogP contribution in [0.5, 0.6) is 0 Å². The molecule has 1 aromatic heterocycles. The maximum absolute atomic E-state index is 10.3. The van der Waals surface area contributed by atoms with Crippen molar-refractivity contribution >= 4 is 5.97 Å². The lowest BCUT2D eigenvalue weighted by atomic mass is 10.0. The highest BCUT2D eigenvalue weighted by atomic mass is 16.4. The standard InChI is InChI=1S/C25H43NO2/c1-23-24(20-18-22-26(23)2)19-16-14-12-10-8-6-4-3-5-7-9-11-13-15-17-21-25(27)28/h18,20,22H,3-17,19,21H2,1-2H3. The fourth-order valence-electron chi connectivity index (χ4n) is 3.89. The van der Waals surface area contributed by atoms with E-state index in [9.17, 15) is 9.90 Å². The van der Waals surface area contributed by atoms with Crippen LogP contribution in [0.3, 0.4) is 0 Å². The van der Waals surface area contributed by atoms with E-state index in [1.165, 1.54) is 101 Å². The van der Waals surface area contributed by atoms with Crippen LogP contribution in [0, 0.1) is 6.92 Å². The molecule has 1 heterocycles. The third-order valence-electron chi connectivity index (χ3n) is 5.93. The molecule has 1 aromatic rings. The molecule has 0 radical (unpaired) electrons. The molecule has 0 atom stereocenters. The van der Waals surface area contributed by atoms with Gasteiger partial charge in [-0.2, -0.15) is 0 Å². The van der Waals surface area contributed by atoms with Gasteiger partial charge < -0.3 is 9.90 Å². The molecule has 0 fully saturated rings. The van der Waals surface area contributed by atoms with Crippen LogP contribution >= 0.6 is 0 Å². The van der Waals surface area contributed by atoms with Crippen molar-refractivity contribution in [2.75, 3.05) is 0 Å². The van der Waals surface area contributed by atoms with Crippen molar-refractivity contribution in [2.24, 2.45) is 7.05 Å². The molecule has 0 N–H and O–H groups in total. The first-order valence-corrected chi connectivity index (χ1v) is 11.7. The average Bonchev–Trinajstić information content (AvgIpc) is 2.67. The number of aryl methyl sites for hydroxylation is 2. The number of aliphatic carboxylic acids is 1. The summed E-state index contributed by atoms with van der Waals surface area (Å²) >= 11 is 0. The molecule has 0 unspecified atom stereocenters. The molecule has 3 nitrogen and oxygen atoms in total. The van der Waals surface area contributed by atoms with Crippen LogP contribution in [0.15, 0.2) is 18.3 Å². The van der Waals surface area contributed by atoms with E-state index < -0.39 is 5.97 Å². The molecule has 1 rings (SSSR count). The van der Waals surface area contributed by atoms with Crippen LogP contribution in [-0.2, 0) is 18.3 Å². The number of hydrogen-bond acceptors (Lipinski definition) is 2. The topological polar surface area (TPSA) is 44.0 Å². The fourth-order valence-corrected chi connectivity index (χ4v) is 3.89. The zero-order chi connectivity index (χ0) is 20.5. The van der Waals surface area contributed by atoms with Crippen LogP contribution in [-0.4, -0.2) is 5.97 Å². The van der Waals surface area contributed by atoms with Gasteiger partial charge in [-0.1, -0.05) is 83.5 Å². The Morgan fingerprint density at radius 1 is 0.786 bits per heavy atom. The lowest BCUT2D eigenvalue weighted by Crippen LogP contribution is -2.32. The molecule has 160 valence electrons. The Morgan fingerprint density at radius 2 is 1.21 bits per heavy atom. The smallest absolute Gasteiger partial charge is 0.181 e. The highest BCUT2D eigenvalue weighted by Gasteiger charge is 2.06. The van der Waals surface area contributed by atoms with E-state index in [4.69, 9.17) is 0 Å². The Morgan fingerprint density at radius 3 is 1.68 bits per heavy atom. The van der Waals surface area contributed by atoms with Gasteiger partial charge in [0.05, 0.1) is 0 Å². The first-order chi connectivity index (χ1) is 13.6. The number of rotatable bonds is 18. The van der Waals surface area contributed by atoms with Crippen LogP contribution in [0.4, 0.5) is 0 Å². The highest BCUT2D eigenvalue weighted by molar-refractivity contribution is 5.64. The molecule has 0 aliphatic rings. The van der Waals surface area contributed by atoms with Crippen molar-refractivity contribution in [3.8, 4) is 0 Å². The molecule has 0 aliphatic heterocycles. The molecule has 0 spiro atoms. The molecular weight excluding hydrogens is 346 g/mol. The van der Waals surface area contributed by atoms with Gasteiger partial charge in [-0.15, -0.1) is 0 Å². The third-order valence-corrected chi connectivity index (χ3v) is 5.93. The Labute approximate surface area is 173 Å². The second kappa shape index (κ2) is 16.6. The zero-order valence-corrected chi connectivity index (χ0v) is 18.5. The summed E-state index contributed by atoms with van der Waals surface area (Å²) in [6.07, 6.45) is 22.9. The summed E-state index contributed by atoms with van der Waals surface area (Å²) in [5.41, 5.74) is 2.90. The number of pyridine rings is 1. The Bertz CT molecular complexity index is 527.